The molecule has 4 aliphatic rings. The van der Waals surface area contributed by atoms with Gasteiger partial charge in [0.1, 0.15) is 6.04 Å². The van der Waals surface area contributed by atoms with Crippen LogP contribution >= 0.6 is 0 Å². The van der Waals surface area contributed by atoms with Crippen LogP contribution in [0.1, 0.15) is 52.0 Å². The molecule has 0 spiro atoms. The first kappa shape index (κ1) is 19.4. The van der Waals surface area contributed by atoms with Crippen molar-refractivity contribution in [1.82, 2.24) is 20.4 Å². The number of likely N-dealkylation sites (tertiary alicyclic amines) is 1. The van der Waals surface area contributed by atoms with Crippen molar-refractivity contribution in [3.63, 3.8) is 0 Å². The molecule has 1 aromatic carbocycles. The number of hydrogen-bond acceptors (Lipinski definition) is 6. The molecule has 0 saturated carbocycles. The Hall–Kier alpha value is -2.58. The van der Waals surface area contributed by atoms with Crippen molar-refractivity contribution in [2.75, 3.05) is 26.2 Å². The number of hydrogen-bond donors (Lipinski definition) is 2. The lowest BCUT2D eigenvalue weighted by Gasteiger charge is -2.41. The molecule has 3 atom stereocenters. The molecule has 0 aromatic heterocycles. The minimum Gasteiger partial charge on any atom is -0.316 e. The van der Waals surface area contributed by atoms with Gasteiger partial charge in [0.05, 0.1) is 11.1 Å². The minimum atomic E-state index is -0.919. The molecule has 3 fully saturated rings. The Labute approximate surface area is 175 Å². The van der Waals surface area contributed by atoms with E-state index < -0.39 is 23.8 Å². The number of nitrogens with one attached hydrogen (secondary N) is 2. The molecule has 0 radical (unpaired) electrons. The van der Waals surface area contributed by atoms with Gasteiger partial charge in [0.25, 0.3) is 11.8 Å². The van der Waals surface area contributed by atoms with E-state index in [1.54, 1.807) is 12.1 Å². The van der Waals surface area contributed by atoms with E-state index in [2.05, 4.69) is 15.5 Å². The quantitative estimate of drug-likeness (QED) is 0.705. The molecule has 0 aliphatic carbocycles. The fraction of sp³-hybridized carbons (Fsp3) is 0.545. The van der Waals surface area contributed by atoms with Crippen LogP contribution in [0.2, 0.25) is 0 Å². The van der Waals surface area contributed by atoms with E-state index in [9.17, 15) is 19.2 Å². The van der Waals surface area contributed by atoms with E-state index in [0.29, 0.717) is 11.1 Å². The summed E-state index contributed by atoms with van der Waals surface area (Å²) < 4.78 is 0. The molecular formula is C22H26N4O4. The van der Waals surface area contributed by atoms with Crippen LogP contribution in [0, 0.1) is 11.8 Å². The van der Waals surface area contributed by atoms with E-state index >= 15 is 0 Å². The topological polar surface area (TPSA) is 98.8 Å². The highest BCUT2D eigenvalue weighted by molar-refractivity contribution is 6.23. The van der Waals surface area contributed by atoms with Crippen LogP contribution in [-0.2, 0) is 16.1 Å². The van der Waals surface area contributed by atoms with Gasteiger partial charge in [-0.25, -0.2) is 0 Å². The number of amides is 4. The van der Waals surface area contributed by atoms with Gasteiger partial charge in [0.2, 0.25) is 11.8 Å². The fourth-order valence-electron chi connectivity index (χ4n) is 5.35. The van der Waals surface area contributed by atoms with Crippen molar-refractivity contribution in [2.24, 2.45) is 11.8 Å². The Bertz CT molecular complexity index is 930. The zero-order chi connectivity index (χ0) is 20.8. The summed E-state index contributed by atoms with van der Waals surface area (Å²) in [4.78, 5) is 52.9. The highest BCUT2D eigenvalue weighted by atomic mass is 16.2. The Morgan fingerprint density at radius 3 is 2.63 bits per heavy atom. The van der Waals surface area contributed by atoms with Crippen LogP contribution in [0.3, 0.4) is 0 Å². The summed E-state index contributed by atoms with van der Waals surface area (Å²) in [6.45, 7) is 5.06. The fourth-order valence-corrected chi connectivity index (χ4v) is 5.35. The number of nitrogens with zero attached hydrogens (tertiary/aromatic N) is 2. The van der Waals surface area contributed by atoms with Gasteiger partial charge < -0.3 is 5.32 Å². The Morgan fingerprint density at radius 2 is 1.80 bits per heavy atom. The van der Waals surface area contributed by atoms with Crippen molar-refractivity contribution in [1.29, 1.82) is 0 Å². The number of piperidine rings is 3. The summed E-state index contributed by atoms with van der Waals surface area (Å²) in [5.41, 5.74) is 1.71. The molecule has 4 aliphatic heterocycles. The van der Waals surface area contributed by atoms with Crippen molar-refractivity contribution < 1.29 is 19.2 Å². The van der Waals surface area contributed by atoms with E-state index in [1.807, 2.05) is 6.07 Å². The molecule has 0 bridgehead atoms. The van der Waals surface area contributed by atoms with Crippen molar-refractivity contribution in [2.45, 2.75) is 38.3 Å². The first-order valence-corrected chi connectivity index (χ1v) is 10.8. The third-order valence-corrected chi connectivity index (χ3v) is 6.98. The first-order valence-electron chi connectivity index (χ1n) is 10.8. The number of fused-ring (bicyclic) bond motifs is 2. The van der Waals surface area contributed by atoms with Gasteiger partial charge in [-0.2, -0.15) is 0 Å². The average Bonchev–Trinajstić information content (AvgIpc) is 2.98. The van der Waals surface area contributed by atoms with E-state index in [-0.39, 0.29) is 18.7 Å². The standard InChI is InChI=1S/C22H26N4O4/c27-19-4-3-18(20(28)24-19)26-21(29)16-2-1-13(9-17(16)22(26)30)11-25-8-6-14-10-23-7-5-15(14)12-25/h1-2,9,14-15,18,23H,3-8,10-12H2,(H,24,27,28)/t14-,15-,18?/m1/s1. The smallest absolute Gasteiger partial charge is 0.262 e. The molecule has 1 aromatic rings. The van der Waals surface area contributed by atoms with Gasteiger partial charge in [0.15, 0.2) is 0 Å². The zero-order valence-electron chi connectivity index (χ0n) is 16.9. The molecule has 5 rings (SSSR count). The van der Waals surface area contributed by atoms with Gasteiger partial charge in [-0.05, 0) is 68.4 Å². The SMILES string of the molecule is O=C1CCC(N2C(=O)c3ccc(CN4CC[C@@H]5CNCC[C@@H]5C4)cc3C2=O)C(=O)N1. The van der Waals surface area contributed by atoms with Crippen molar-refractivity contribution >= 4 is 23.6 Å². The van der Waals surface area contributed by atoms with Gasteiger partial charge in [-0.1, -0.05) is 6.07 Å². The van der Waals surface area contributed by atoms with E-state index in [1.165, 1.54) is 12.8 Å². The lowest BCUT2D eigenvalue weighted by Crippen LogP contribution is -2.54. The summed E-state index contributed by atoms with van der Waals surface area (Å²) in [5.74, 6) is -0.356. The van der Waals surface area contributed by atoms with Gasteiger partial charge in [-0.15, -0.1) is 0 Å². The molecule has 2 N–H and O–H groups in total. The molecule has 158 valence electrons. The Kier molecular flexibility index (Phi) is 4.91. The van der Waals surface area contributed by atoms with Crippen LogP contribution < -0.4 is 10.6 Å². The maximum atomic E-state index is 13.0. The summed E-state index contributed by atoms with van der Waals surface area (Å²) in [6.07, 6.45) is 2.69. The predicted molar refractivity (Wildman–Crippen MR) is 107 cm³/mol. The van der Waals surface area contributed by atoms with Crippen LogP contribution in [0.5, 0.6) is 0 Å². The predicted octanol–water partition coefficient (Wildman–Crippen LogP) is 0.519. The van der Waals surface area contributed by atoms with Crippen LogP contribution in [0.15, 0.2) is 18.2 Å². The zero-order valence-corrected chi connectivity index (χ0v) is 16.9. The second kappa shape index (κ2) is 7.59. The summed E-state index contributed by atoms with van der Waals surface area (Å²) in [7, 11) is 0. The van der Waals surface area contributed by atoms with Crippen molar-refractivity contribution in [3.05, 3.63) is 34.9 Å². The average molecular weight is 410 g/mol. The molecule has 30 heavy (non-hydrogen) atoms. The largest absolute Gasteiger partial charge is 0.316 e. The molecule has 8 nitrogen and oxygen atoms in total. The maximum Gasteiger partial charge on any atom is 0.262 e. The maximum absolute atomic E-state index is 13.0. The summed E-state index contributed by atoms with van der Waals surface area (Å²) >= 11 is 0. The first-order chi connectivity index (χ1) is 14.5. The van der Waals surface area contributed by atoms with Crippen LogP contribution in [0.4, 0.5) is 0 Å². The van der Waals surface area contributed by atoms with E-state index in [4.69, 9.17) is 0 Å². The van der Waals surface area contributed by atoms with Gasteiger partial charge in [-0.3, -0.25) is 34.3 Å². The molecule has 8 heteroatoms. The molecule has 4 amide bonds. The van der Waals surface area contributed by atoms with Gasteiger partial charge in [0, 0.05) is 19.5 Å². The molecule has 3 saturated heterocycles. The van der Waals surface area contributed by atoms with Crippen LogP contribution in [0.25, 0.3) is 0 Å². The number of carbonyl (C=O) groups is 4. The monoisotopic (exact) mass is 410 g/mol. The second-order valence-electron chi connectivity index (χ2n) is 8.86. The summed E-state index contributed by atoms with van der Waals surface area (Å²) in [6, 6.07) is 4.49. The number of benzene rings is 1. The highest BCUT2D eigenvalue weighted by Gasteiger charge is 2.44. The molecule has 1 unspecified atom stereocenters. The van der Waals surface area contributed by atoms with Crippen molar-refractivity contribution in [3.8, 4) is 0 Å². The Morgan fingerprint density at radius 1 is 0.967 bits per heavy atom. The van der Waals surface area contributed by atoms with Gasteiger partial charge >= 0.3 is 0 Å². The lowest BCUT2D eigenvalue weighted by molar-refractivity contribution is -0.136. The van der Waals surface area contributed by atoms with Crippen LogP contribution in [-0.4, -0.2) is 65.6 Å². The summed E-state index contributed by atoms with van der Waals surface area (Å²) in [5, 5.41) is 5.71. The normalized spacial score (nSPS) is 29.6. The second-order valence-corrected chi connectivity index (χ2v) is 8.86. The number of rotatable bonds is 3. The number of carbonyl (C=O) groups excluding carboxylic acids is 4. The Balaban J connectivity index is 1.31. The van der Waals surface area contributed by atoms with E-state index in [0.717, 1.165) is 55.0 Å². The molecule has 4 heterocycles. The third-order valence-electron chi connectivity index (χ3n) is 6.98. The molecular weight excluding hydrogens is 384 g/mol. The minimum absolute atomic E-state index is 0.127. The third kappa shape index (κ3) is 3.33. The lowest BCUT2D eigenvalue weighted by atomic mass is 9.81. The number of imide groups is 2. The highest BCUT2D eigenvalue weighted by Crippen LogP contribution is 2.31.